The van der Waals surface area contributed by atoms with Crippen LogP contribution in [0.2, 0.25) is 0 Å². The lowest BCUT2D eigenvalue weighted by atomic mass is 9.98. The fraction of sp³-hybridized carbons (Fsp3) is 1.00. The predicted molar refractivity (Wildman–Crippen MR) is 75.1 cm³/mol. The van der Waals surface area contributed by atoms with Crippen LogP contribution in [0.15, 0.2) is 0 Å². The summed E-state index contributed by atoms with van der Waals surface area (Å²) in [4.78, 5) is 2.49. The van der Waals surface area contributed by atoms with Crippen molar-refractivity contribution in [1.82, 2.24) is 4.90 Å². The van der Waals surface area contributed by atoms with Gasteiger partial charge in [-0.25, -0.2) is 0 Å². The zero-order chi connectivity index (χ0) is 13.3. The second-order valence-corrected chi connectivity index (χ2v) is 6.69. The first-order chi connectivity index (χ1) is 9.19. The van der Waals surface area contributed by atoms with Crippen LogP contribution in [0.3, 0.4) is 0 Å². The Kier molecular flexibility index (Phi) is 4.13. The maximum absolute atomic E-state index is 6.40. The van der Waals surface area contributed by atoms with Gasteiger partial charge in [0.2, 0.25) is 0 Å². The van der Waals surface area contributed by atoms with Gasteiger partial charge in [-0.2, -0.15) is 0 Å². The second kappa shape index (κ2) is 5.68. The van der Waals surface area contributed by atoms with Crippen molar-refractivity contribution < 1.29 is 9.47 Å². The van der Waals surface area contributed by atoms with E-state index in [1.165, 1.54) is 38.5 Å². The minimum Gasteiger partial charge on any atom is -0.371 e. The number of morpholine rings is 1. The van der Waals surface area contributed by atoms with Gasteiger partial charge in [0, 0.05) is 26.2 Å². The van der Waals surface area contributed by atoms with Crippen LogP contribution in [0.25, 0.3) is 0 Å². The summed E-state index contributed by atoms with van der Waals surface area (Å²) in [6.07, 6.45) is 8.73. The SMILES string of the molecule is CC1CN(CC2CCC3(CCCC3)O2)CC(CN)O1. The minimum absolute atomic E-state index is 0.200. The molecule has 0 bridgehead atoms. The first-order valence-corrected chi connectivity index (χ1v) is 7.95. The molecule has 4 nitrogen and oxygen atoms in total. The third-order valence-electron chi connectivity index (χ3n) is 4.98. The molecular weight excluding hydrogens is 240 g/mol. The van der Waals surface area contributed by atoms with Gasteiger partial charge in [-0.05, 0) is 32.6 Å². The zero-order valence-corrected chi connectivity index (χ0v) is 12.1. The normalized spacial score (nSPS) is 39.2. The summed E-state index contributed by atoms with van der Waals surface area (Å²) in [5.74, 6) is 0. The highest BCUT2D eigenvalue weighted by molar-refractivity contribution is 4.94. The van der Waals surface area contributed by atoms with E-state index in [1.54, 1.807) is 0 Å². The van der Waals surface area contributed by atoms with Crippen molar-refractivity contribution in [2.75, 3.05) is 26.2 Å². The average molecular weight is 268 g/mol. The highest BCUT2D eigenvalue weighted by atomic mass is 16.5. The molecule has 0 aromatic carbocycles. The second-order valence-electron chi connectivity index (χ2n) is 6.69. The van der Waals surface area contributed by atoms with Crippen molar-refractivity contribution in [3.8, 4) is 0 Å². The summed E-state index contributed by atoms with van der Waals surface area (Å²) in [5.41, 5.74) is 6.01. The first kappa shape index (κ1) is 13.8. The molecule has 3 atom stereocenters. The molecule has 4 heteroatoms. The summed E-state index contributed by atoms with van der Waals surface area (Å²) in [7, 11) is 0. The topological polar surface area (TPSA) is 47.7 Å². The van der Waals surface area contributed by atoms with Crippen molar-refractivity contribution >= 4 is 0 Å². The lowest BCUT2D eigenvalue weighted by molar-refractivity contribution is -0.0953. The van der Waals surface area contributed by atoms with E-state index in [4.69, 9.17) is 15.2 Å². The molecule has 3 fully saturated rings. The van der Waals surface area contributed by atoms with Crippen LogP contribution in [0.5, 0.6) is 0 Å². The number of hydrogen-bond donors (Lipinski definition) is 1. The maximum atomic E-state index is 6.40. The van der Waals surface area contributed by atoms with E-state index in [9.17, 15) is 0 Å². The third kappa shape index (κ3) is 3.13. The van der Waals surface area contributed by atoms with Gasteiger partial charge >= 0.3 is 0 Å². The molecule has 1 saturated carbocycles. The lowest BCUT2D eigenvalue weighted by Gasteiger charge is -2.37. The van der Waals surface area contributed by atoms with Gasteiger partial charge in [0.15, 0.2) is 0 Å². The Balaban J connectivity index is 1.51. The van der Waals surface area contributed by atoms with Crippen molar-refractivity contribution in [2.45, 2.75) is 69.4 Å². The van der Waals surface area contributed by atoms with Crippen LogP contribution < -0.4 is 5.73 Å². The van der Waals surface area contributed by atoms with E-state index < -0.39 is 0 Å². The van der Waals surface area contributed by atoms with E-state index in [-0.39, 0.29) is 11.7 Å². The van der Waals surface area contributed by atoms with E-state index in [0.29, 0.717) is 18.8 Å². The van der Waals surface area contributed by atoms with E-state index in [1.807, 2.05) is 0 Å². The summed E-state index contributed by atoms with van der Waals surface area (Å²) in [5, 5.41) is 0. The first-order valence-electron chi connectivity index (χ1n) is 7.95. The zero-order valence-electron chi connectivity index (χ0n) is 12.1. The summed E-state index contributed by atoms with van der Waals surface area (Å²) in [6, 6.07) is 0. The highest BCUT2D eigenvalue weighted by Crippen LogP contribution is 2.43. The Morgan fingerprint density at radius 1 is 1.16 bits per heavy atom. The molecule has 2 N–H and O–H groups in total. The monoisotopic (exact) mass is 268 g/mol. The van der Waals surface area contributed by atoms with Crippen LogP contribution >= 0.6 is 0 Å². The third-order valence-corrected chi connectivity index (χ3v) is 4.98. The van der Waals surface area contributed by atoms with Crippen LogP contribution in [-0.2, 0) is 9.47 Å². The van der Waals surface area contributed by atoms with Crippen molar-refractivity contribution in [2.24, 2.45) is 5.73 Å². The van der Waals surface area contributed by atoms with Gasteiger partial charge < -0.3 is 15.2 Å². The van der Waals surface area contributed by atoms with Gasteiger partial charge in [0.05, 0.1) is 23.9 Å². The number of nitrogens with zero attached hydrogens (tertiary/aromatic N) is 1. The number of rotatable bonds is 3. The predicted octanol–water partition coefficient (Wildman–Crippen LogP) is 1.53. The molecule has 2 aliphatic heterocycles. The summed E-state index contributed by atoms with van der Waals surface area (Å²) < 4.78 is 12.2. The van der Waals surface area contributed by atoms with Gasteiger partial charge in [0.25, 0.3) is 0 Å². The minimum atomic E-state index is 0.200. The molecule has 0 radical (unpaired) electrons. The lowest BCUT2D eigenvalue weighted by Crippen LogP contribution is -2.51. The van der Waals surface area contributed by atoms with Gasteiger partial charge in [0.1, 0.15) is 0 Å². The van der Waals surface area contributed by atoms with Gasteiger partial charge in [-0.1, -0.05) is 12.8 Å². The van der Waals surface area contributed by atoms with Crippen LogP contribution in [0, 0.1) is 0 Å². The molecule has 3 rings (SSSR count). The Bertz CT molecular complexity index is 305. The maximum Gasteiger partial charge on any atom is 0.0828 e. The van der Waals surface area contributed by atoms with Crippen LogP contribution in [0.1, 0.15) is 45.4 Å². The molecule has 3 unspecified atom stereocenters. The molecular formula is C15H28N2O2. The number of hydrogen-bond acceptors (Lipinski definition) is 4. The Morgan fingerprint density at radius 2 is 1.95 bits per heavy atom. The quantitative estimate of drug-likeness (QED) is 0.843. The average Bonchev–Trinajstić information content (AvgIpc) is 3.00. The number of ether oxygens (including phenoxy) is 2. The molecule has 2 heterocycles. The van der Waals surface area contributed by atoms with Crippen LogP contribution in [0.4, 0.5) is 0 Å². The van der Waals surface area contributed by atoms with Crippen molar-refractivity contribution in [1.29, 1.82) is 0 Å². The van der Waals surface area contributed by atoms with E-state index >= 15 is 0 Å². The highest BCUT2D eigenvalue weighted by Gasteiger charge is 2.42. The molecule has 1 aliphatic carbocycles. The van der Waals surface area contributed by atoms with Crippen molar-refractivity contribution in [3.63, 3.8) is 0 Å². The molecule has 0 aromatic rings. The summed E-state index contributed by atoms with van der Waals surface area (Å²) >= 11 is 0. The Labute approximate surface area is 116 Å². The fourth-order valence-electron chi connectivity index (χ4n) is 4.12. The number of nitrogens with two attached hydrogens (primary N) is 1. The smallest absolute Gasteiger partial charge is 0.0828 e. The molecule has 110 valence electrons. The van der Waals surface area contributed by atoms with Gasteiger partial charge in [-0.3, -0.25) is 4.90 Å². The van der Waals surface area contributed by atoms with E-state index in [2.05, 4.69) is 11.8 Å². The van der Waals surface area contributed by atoms with E-state index in [0.717, 1.165) is 19.6 Å². The largest absolute Gasteiger partial charge is 0.371 e. The molecule has 3 aliphatic rings. The standard InChI is InChI=1S/C15H28N2O2/c1-12-9-17(11-14(8-16)18-12)10-13-4-7-15(19-13)5-2-3-6-15/h12-14H,2-11,16H2,1H3. The summed E-state index contributed by atoms with van der Waals surface area (Å²) in [6.45, 7) is 5.81. The molecule has 1 spiro atoms. The molecule has 19 heavy (non-hydrogen) atoms. The molecule has 2 saturated heterocycles. The van der Waals surface area contributed by atoms with Crippen LogP contribution in [-0.4, -0.2) is 55.0 Å². The van der Waals surface area contributed by atoms with Gasteiger partial charge in [-0.15, -0.1) is 0 Å². The molecule has 0 aromatic heterocycles. The fourth-order valence-corrected chi connectivity index (χ4v) is 4.12. The Hall–Kier alpha value is -0.160. The Morgan fingerprint density at radius 3 is 2.68 bits per heavy atom. The van der Waals surface area contributed by atoms with Crippen molar-refractivity contribution in [3.05, 3.63) is 0 Å². The molecule has 0 amide bonds.